The molecule has 0 spiro atoms. The first-order valence-corrected chi connectivity index (χ1v) is 7.39. The zero-order valence-electron chi connectivity index (χ0n) is 12.7. The second-order valence-electron chi connectivity index (χ2n) is 5.77. The Morgan fingerprint density at radius 1 is 1.45 bits per heavy atom. The summed E-state index contributed by atoms with van der Waals surface area (Å²) >= 11 is 0. The van der Waals surface area contributed by atoms with Gasteiger partial charge in [0.1, 0.15) is 5.82 Å². The van der Waals surface area contributed by atoms with Gasteiger partial charge in [0.2, 0.25) is 0 Å². The molecule has 1 aliphatic heterocycles. The van der Waals surface area contributed by atoms with Crippen LogP contribution in [0.25, 0.3) is 0 Å². The number of aryl methyl sites for hydroxylation is 2. The van der Waals surface area contributed by atoms with Gasteiger partial charge in [0.25, 0.3) is 11.5 Å². The van der Waals surface area contributed by atoms with Gasteiger partial charge < -0.3 is 9.88 Å². The Balaban J connectivity index is 1.79. The first kappa shape index (κ1) is 14.5. The number of H-pyrrole nitrogens is 1. The Labute approximate surface area is 128 Å². The Morgan fingerprint density at radius 2 is 2.27 bits per heavy atom. The molecule has 2 aromatic rings. The van der Waals surface area contributed by atoms with Crippen molar-refractivity contribution in [1.29, 1.82) is 0 Å². The smallest absolute Gasteiger partial charge is 0.257 e. The van der Waals surface area contributed by atoms with Crippen molar-refractivity contribution in [3.05, 3.63) is 45.9 Å². The second-order valence-corrected chi connectivity index (χ2v) is 5.77. The van der Waals surface area contributed by atoms with E-state index in [4.69, 9.17) is 0 Å². The zero-order chi connectivity index (χ0) is 15.7. The van der Waals surface area contributed by atoms with Crippen LogP contribution in [0.2, 0.25) is 0 Å². The Morgan fingerprint density at radius 3 is 2.95 bits per heavy atom. The second kappa shape index (κ2) is 5.75. The van der Waals surface area contributed by atoms with E-state index in [1.165, 1.54) is 6.07 Å². The van der Waals surface area contributed by atoms with E-state index < -0.39 is 0 Å². The molecule has 3 heterocycles. The topological polar surface area (TPSA) is 83.9 Å². The van der Waals surface area contributed by atoms with Crippen molar-refractivity contribution in [2.75, 3.05) is 13.1 Å². The molecule has 2 aromatic heterocycles. The largest absolute Gasteiger partial charge is 0.338 e. The molecule has 22 heavy (non-hydrogen) atoms. The monoisotopic (exact) mass is 301 g/mol. The van der Waals surface area contributed by atoms with E-state index in [9.17, 15) is 9.59 Å². The highest BCUT2D eigenvalue weighted by atomic mass is 16.2. The molecular formula is C15H19N5O2. The van der Waals surface area contributed by atoms with Crippen molar-refractivity contribution in [3.8, 4) is 0 Å². The first-order valence-electron chi connectivity index (χ1n) is 7.39. The lowest BCUT2D eigenvalue weighted by atomic mass is 9.96. The molecule has 1 aliphatic rings. The van der Waals surface area contributed by atoms with Gasteiger partial charge in [0.05, 0.1) is 11.8 Å². The van der Waals surface area contributed by atoms with E-state index in [1.807, 2.05) is 4.90 Å². The van der Waals surface area contributed by atoms with Crippen LogP contribution in [-0.2, 0) is 7.05 Å². The number of hydrogen-bond acceptors (Lipinski definition) is 4. The van der Waals surface area contributed by atoms with Crippen molar-refractivity contribution >= 4 is 5.91 Å². The summed E-state index contributed by atoms with van der Waals surface area (Å²) in [5.41, 5.74) is 1.15. The normalized spacial score (nSPS) is 18.5. The third-order valence-corrected chi connectivity index (χ3v) is 3.94. The van der Waals surface area contributed by atoms with Crippen molar-refractivity contribution in [2.45, 2.75) is 25.7 Å². The molecule has 3 rings (SSSR count). The summed E-state index contributed by atoms with van der Waals surface area (Å²) in [5, 5.41) is 4.04. The SMILES string of the molecule is Cc1cc(=O)[nH]c([C@@H]2CCCN(C(=O)c3cnn(C)c3)C2)n1. The van der Waals surface area contributed by atoms with Gasteiger partial charge in [-0.25, -0.2) is 4.98 Å². The van der Waals surface area contributed by atoms with Crippen molar-refractivity contribution in [2.24, 2.45) is 7.05 Å². The fraction of sp³-hybridized carbons (Fsp3) is 0.467. The molecule has 7 heteroatoms. The quantitative estimate of drug-likeness (QED) is 0.890. The molecule has 1 atom stereocenters. The molecule has 0 saturated carbocycles. The van der Waals surface area contributed by atoms with E-state index in [0.29, 0.717) is 23.6 Å². The van der Waals surface area contributed by atoms with Crippen LogP contribution in [0, 0.1) is 6.92 Å². The Hall–Kier alpha value is -2.44. The van der Waals surface area contributed by atoms with Gasteiger partial charge in [0, 0.05) is 44.0 Å². The van der Waals surface area contributed by atoms with Crippen molar-refractivity contribution in [1.82, 2.24) is 24.6 Å². The summed E-state index contributed by atoms with van der Waals surface area (Å²) in [6.07, 6.45) is 5.12. The van der Waals surface area contributed by atoms with Crippen molar-refractivity contribution < 1.29 is 4.79 Å². The third-order valence-electron chi connectivity index (χ3n) is 3.94. The van der Waals surface area contributed by atoms with E-state index >= 15 is 0 Å². The minimum atomic E-state index is -0.141. The summed E-state index contributed by atoms with van der Waals surface area (Å²) in [5.74, 6) is 0.725. The lowest BCUT2D eigenvalue weighted by Gasteiger charge is -2.32. The maximum Gasteiger partial charge on any atom is 0.257 e. The number of hydrogen-bond donors (Lipinski definition) is 1. The molecule has 0 aromatic carbocycles. The van der Waals surface area contributed by atoms with Crippen LogP contribution in [0.3, 0.4) is 0 Å². The van der Waals surface area contributed by atoms with Crippen LogP contribution >= 0.6 is 0 Å². The molecule has 116 valence electrons. The highest BCUT2D eigenvalue weighted by molar-refractivity contribution is 5.93. The number of nitrogens with one attached hydrogen (secondary N) is 1. The zero-order valence-corrected chi connectivity index (χ0v) is 12.7. The molecule has 0 unspecified atom stereocenters. The number of aromatic amines is 1. The fourth-order valence-corrected chi connectivity index (χ4v) is 2.89. The van der Waals surface area contributed by atoms with Gasteiger partial charge in [-0.05, 0) is 19.8 Å². The first-order chi connectivity index (χ1) is 10.5. The van der Waals surface area contributed by atoms with Crippen LogP contribution in [-0.4, -0.2) is 43.6 Å². The van der Waals surface area contributed by atoms with Crippen LogP contribution in [0.15, 0.2) is 23.3 Å². The molecular weight excluding hydrogens is 282 g/mol. The van der Waals surface area contributed by atoms with E-state index in [0.717, 1.165) is 19.4 Å². The number of carbonyl (C=O) groups is 1. The molecule has 0 radical (unpaired) electrons. The summed E-state index contributed by atoms with van der Waals surface area (Å²) < 4.78 is 1.62. The molecule has 0 aliphatic carbocycles. The maximum absolute atomic E-state index is 12.5. The predicted octanol–water partition coefficient (Wildman–Crippen LogP) is 0.832. The van der Waals surface area contributed by atoms with Crippen LogP contribution in [0.5, 0.6) is 0 Å². The van der Waals surface area contributed by atoms with Gasteiger partial charge in [-0.3, -0.25) is 14.3 Å². The summed E-state index contributed by atoms with van der Waals surface area (Å²) in [6.45, 7) is 3.10. The number of amides is 1. The number of carbonyl (C=O) groups excluding carboxylic acids is 1. The van der Waals surface area contributed by atoms with Crippen LogP contribution < -0.4 is 5.56 Å². The van der Waals surface area contributed by atoms with Gasteiger partial charge in [-0.15, -0.1) is 0 Å². The lowest BCUT2D eigenvalue weighted by Crippen LogP contribution is -2.39. The average Bonchev–Trinajstić information content (AvgIpc) is 2.92. The molecule has 1 amide bonds. The summed E-state index contributed by atoms with van der Waals surface area (Å²) in [6, 6.07) is 1.48. The fourth-order valence-electron chi connectivity index (χ4n) is 2.89. The van der Waals surface area contributed by atoms with Crippen molar-refractivity contribution in [3.63, 3.8) is 0 Å². The van der Waals surface area contributed by atoms with E-state index in [-0.39, 0.29) is 17.4 Å². The molecule has 1 N–H and O–H groups in total. The Bertz CT molecular complexity index is 748. The third kappa shape index (κ3) is 2.93. The number of piperidine rings is 1. The van der Waals surface area contributed by atoms with Gasteiger partial charge >= 0.3 is 0 Å². The predicted molar refractivity (Wildman–Crippen MR) is 80.7 cm³/mol. The summed E-state index contributed by atoms with van der Waals surface area (Å²) in [4.78, 5) is 33.1. The number of nitrogens with zero attached hydrogens (tertiary/aromatic N) is 4. The number of likely N-dealkylation sites (tertiary alicyclic amines) is 1. The van der Waals surface area contributed by atoms with Gasteiger partial charge in [-0.2, -0.15) is 5.10 Å². The molecule has 1 saturated heterocycles. The van der Waals surface area contributed by atoms with Gasteiger partial charge in [0.15, 0.2) is 0 Å². The highest BCUT2D eigenvalue weighted by Gasteiger charge is 2.27. The van der Waals surface area contributed by atoms with E-state index in [1.54, 1.807) is 31.0 Å². The van der Waals surface area contributed by atoms with Crippen LogP contribution in [0.4, 0.5) is 0 Å². The number of rotatable bonds is 2. The molecule has 7 nitrogen and oxygen atoms in total. The van der Waals surface area contributed by atoms with Gasteiger partial charge in [-0.1, -0.05) is 0 Å². The maximum atomic E-state index is 12.5. The minimum Gasteiger partial charge on any atom is -0.338 e. The minimum absolute atomic E-state index is 0.0206. The lowest BCUT2D eigenvalue weighted by molar-refractivity contribution is 0.0704. The number of aromatic nitrogens is 4. The Kier molecular flexibility index (Phi) is 3.79. The molecule has 0 bridgehead atoms. The standard InChI is InChI=1S/C15H19N5O2/c1-10-6-13(21)18-14(17-10)11-4-3-5-20(9-11)15(22)12-7-16-19(2)8-12/h6-8,11H,3-5,9H2,1-2H3,(H,17,18,21)/t11-/m1/s1. The average molecular weight is 301 g/mol. The van der Waals surface area contributed by atoms with Crippen LogP contribution in [0.1, 0.15) is 40.6 Å². The highest BCUT2D eigenvalue weighted by Crippen LogP contribution is 2.25. The van der Waals surface area contributed by atoms with E-state index in [2.05, 4.69) is 15.1 Å². The summed E-state index contributed by atoms with van der Waals surface area (Å²) in [7, 11) is 1.79. The molecule has 1 fully saturated rings.